The SMILES string of the molecule is CCc1noc(CC)c1CNC(=NC)NCCCOc1ccc(C)cc1.I. The van der Waals surface area contributed by atoms with Gasteiger partial charge in [-0.3, -0.25) is 4.99 Å². The molecule has 150 valence electrons. The first-order chi connectivity index (χ1) is 12.7. The number of aromatic nitrogens is 1. The zero-order valence-corrected chi connectivity index (χ0v) is 19.0. The summed E-state index contributed by atoms with van der Waals surface area (Å²) in [4.78, 5) is 4.27. The molecule has 0 fully saturated rings. The highest BCUT2D eigenvalue weighted by atomic mass is 127. The molecule has 0 atom stereocenters. The van der Waals surface area contributed by atoms with Crippen molar-refractivity contribution in [1.82, 2.24) is 15.8 Å². The van der Waals surface area contributed by atoms with Crippen LogP contribution < -0.4 is 15.4 Å². The minimum absolute atomic E-state index is 0. The van der Waals surface area contributed by atoms with Crippen molar-refractivity contribution in [1.29, 1.82) is 0 Å². The summed E-state index contributed by atoms with van der Waals surface area (Å²) in [5, 5.41) is 10.8. The van der Waals surface area contributed by atoms with E-state index in [1.54, 1.807) is 7.05 Å². The van der Waals surface area contributed by atoms with Crippen LogP contribution in [0.5, 0.6) is 5.75 Å². The minimum Gasteiger partial charge on any atom is -0.494 e. The van der Waals surface area contributed by atoms with E-state index in [4.69, 9.17) is 9.26 Å². The van der Waals surface area contributed by atoms with E-state index < -0.39 is 0 Å². The third-order valence-corrected chi connectivity index (χ3v) is 4.17. The normalized spacial score (nSPS) is 11.0. The van der Waals surface area contributed by atoms with Crippen molar-refractivity contribution >= 4 is 29.9 Å². The highest BCUT2D eigenvalue weighted by Gasteiger charge is 2.13. The number of hydrogen-bond acceptors (Lipinski definition) is 4. The van der Waals surface area contributed by atoms with E-state index >= 15 is 0 Å². The molecule has 6 nitrogen and oxygen atoms in total. The Kier molecular flexibility index (Phi) is 10.8. The van der Waals surface area contributed by atoms with Gasteiger partial charge in [-0.25, -0.2) is 0 Å². The first-order valence-corrected chi connectivity index (χ1v) is 9.28. The topological polar surface area (TPSA) is 71.7 Å². The Morgan fingerprint density at radius 1 is 1.15 bits per heavy atom. The lowest BCUT2D eigenvalue weighted by atomic mass is 10.1. The Labute approximate surface area is 179 Å². The van der Waals surface area contributed by atoms with Gasteiger partial charge < -0.3 is 19.9 Å². The zero-order valence-electron chi connectivity index (χ0n) is 16.7. The molecule has 1 heterocycles. The Bertz CT molecular complexity index is 677. The number of aryl methyl sites for hydroxylation is 3. The number of rotatable bonds is 9. The second-order valence-corrected chi connectivity index (χ2v) is 6.11. The van der Waals surface area contributed by atoms with Crippen LogP contribution in [0.1, 0.15) is 42.8 Å². The summed E-state index contributed by atoms with van der Waals surface area (Å²) in [7, 11) is 1.77. The van der Waals surface area contributed by atoms with E-state index in [9.17, 15) is 0 Å². The molecule has 0 aliphatic carbocycles. The Morgan fingerprint density at radius 3 is 2.52 bits per heavy atom. The van der Waals surface area contributed by atoms with Gasteiger partial charge in [0.05, 0.1) is 12.3 Å². The monoisotopic (exact) mass is 486 g/mol. The van der Waals surface area contributed by atoms with E-state index in [0.29, 0.717) is 13.2 Å². The molecular formula is C20H31IN4O2. The molecule has 0 saturated heterocycles. The molecule has 1 aromatic carbocycles. The molecule has 0 spiro atoms. The van der Waals surface area contributed by atoms with Gasteiger partial charge in [0.25, 0.3) is 0 Å². The highest BCUT2D eigenvalue weighted by molar-refractivity contribution is 14.0. The third kappa shape index (κ3) is 7.40. The largest absolute Gasteiger partial charge is 0.494 e. The van der Waals surface area contributed by atoms with Gasteiger partial charge in [-0.05, 0) is 31.9 Å². The Balaban J connectivity index is 0.00000364. The van der Waals surface area contributed by atoms with Crippen molar-refractivity contribution in [3.8, 4) is 5.75 Å². The molecule has 0 aliphatic rings. The number of benzene rings is 1. The summed E-state index contributed by atoms with van der Waals surface area (Å²) in [6.07, 6.45) is 2.59. The van der Waals surface area contributed by atoms with Crippen molar-refractivity contribution in [2.24, 2.45) is 4.99 Å². The summed E-state index contributed by atoms with van der Waals surface area (Å²) in [5.41, 5.74) is 3.39. The first kappa shape index (κ1) is 23.3. The predicted octanol–water partition coefficient (Wildman–Crippen LogP) is 3.86. The smallest absolute Gasteiger partial charge is 0.191 e. The van der Waals surface area contributed by atoms with Crippen molar-refractivity contribution < 1.29 is 9.26 Å². The molecule has 7 heteroatoms. The molecule has 0 amide bonds. The molecule has 0 radical (unpaired) electrons. The maximum absolute atomic E-state index is 5.73. The van der Waals surface area contributed by atoms with Crippen LogP contribution in [0.25, 0.3) is 0 Å². The molecule has 0 unspecified atom stereocenters. The average molecular weight is 486 g/mol. The van der Waals surface area contributed by atoms with Crippen LogP contribution in [0.15, 0.2) is 33.8 Å². The Morgan fingerprint density at radius 2 is 1.89 bits per heavy atom. The van der Waals surface area contributed by atoms with Crippen LogP contribution in [-0.4, -0.2) is 31.3 Å². The van der Waals surface area contributed by atoms with E-state index in [-0.39, 0.29) is 24.0 Å². The fraction of sp³-hybridized carbons (Fsp3) is 0.500. The summed E-state index contributed by atoms with van der Waals surface area (Å²) in [6, 6.07) is 8.11. The number of nitrogens with zero attached hydrogens (tertiary/aromatic N) is 2. The maximum atomic E-state index is 5.73. The van der Waals surface area contributed by atoms with Gasteiger partial charge in [-0.1, -0.05) is 36.7 Å². The van der Waals surface area contributed by atoms with Crippen molar-refractivity contribution in [2.75, 3.05) is 20.2 Å². The quantitative estimate of drug-likeness (QED) is 0.244. The Hall–Kier alpha value is -1.77. The third-order valence-electron chi connectivity index (χ3n) is 4.17. The van der Waals surface area contributed by atoms with Crippen LogP contribution in [0.3, 0.4) is 0 Å². The maximum Gasteiger partial charge on any atom is 0.191 e. The van der Waals surface area contributed by atoms with Gasteiger partial charge in [0.2, 0.25) is 0 Å². The van der Waals surface area contributed by atoms with E-state index in [1.165, 1.54) is 5.56 Å². The molecule has 2 aromatic rings. The minimum atomic E-state index is 0. The summed E-state index contributed by atoms with van der Waals surface area (Å²) < 4.78 is 11.1. The number of hydrogen-bond donors (Lipinski definition) is 2. The van der Waals surface area contributed by atoms with Gasteiger partial charge in [0.15, 0.2) is 5.96 Å². The summed E-state index contributed by atoms with van der Waals surface area (Å²) in [6.45, 7) is 8.34. The zero-order chi connectivity index (χ0) is 18.8. The van der Waals surface area contributed by atoms with E-state index in [0.717, 1.165) is 54.5 Å². The fourth-order valence-corrected chi connectivity index (χ4v) is 2.63. The van der Waals surface area contributed by atoms with Gasteiger partial charge in [-0.15, -0.1) is 24.0 Å². The molecule has 27 heavy (non-hydrogen) atoms. The van der Waals surface area contributed by atoms with Crippen LogP contribution in [0.2, 0.25) is 0 Å². The number of halogens is 1. The number of ether oxygens (including phenoxy) is 1. The predicted molar refractivity (Wildman–Crippen MR) is 120 cm³/mol. The van der Waals surface area contributed by atoms with Crippen LogP contribution >= 0.6 is 24.0 Å². The number of guanidine groups is 1. The molecule has 2 N–H and O–H groups in total. The van der Waals surface area contributed by atoms with Gasteiger partial charge in [0.1, 0.15) is 11.5 Å². The lowest BCUT2D eigenvalue weighted by Crippen LogP contribution is -2.37. The molecule has 1 aromatic heterocycles. The second-order valence-electron chi connectivity index (χ2n) is 6.11. The van der Waals surface area contributed by atoms with Crippen molar-refractivity contribution in [3.05, 3.63) is 46.8 Å². The second kappa shape index (κ2) is 12.6. The molecule has 0 saturated carbocycles. The van der Waals surface area contributed by atoms with Gasteiger partial charge >= 0.3 is 0 Å². The summed E-state index contributed by atoms with van der Waals surface area (Å²) >= 11 is 0. The lowest BCUT2D eigenvalue weighted by molar-refractivity contribution is 0.311. The van der Waals surface area contributed by atoms with Gasteiger partial charge in [-0.2, -0.15) is 0 Å². The average Bonchev–Trinajstić information content (AvgIpc) is 3.07. The van der Waals surface area contributed by atoms with Crippen molar-refractivity contribution in [2.45, 2.75) is 46.6 Å². The van der Waals surface area contributed by atoms with Crippen LogP contribution in [0, 0.1) is 6.92 Å². The highest BCUT2D eigenvalue weighted by Crippen LogP contribution is 2.15. The molecular weight excluding hydrogens is 455 g/mol. The lowest BCUT2D eigenvalue weighted by Gasteiger charge is -2.12. The first-order valence-electron chi connectivity index (χ1n) is 9.28. The van der Waals surface area contributed by atoms with Crippen LogP contribution in [-0.2, 0) is 19.4 Å². The molecule has 2 rings (SSSR count). The number of nitrogens with one attached hydrogen (secondary N) is 2. The molecule has 0 bridgehead atoms. The standard InChI is InChI=1S/C20H30N4O2.HI/c1-5-18-17(19(6-2)26-24-18)14-23-20(21-4)22-12-7-13-25-16-10-8-15(3)9-11-16;/h8-11H,5-7,12-14H2,1-4H3,(H2,21,22,23);1H. The van der Waals surface area contributed by atoms with Gasteiger partial charge in [0, 0.05) is 32.1 Å². The van der Waals surface area contributed by atoms with Crippen LogP contribution in [0.4, 0.5) is 0 Å². The molecule has 0 aliphatic heterocycles. The van der Waals surface area contributed by atoms with Crippen molar-refractivity contribution in [3.63, 3.8) is 0 Å². The fourth-order valence-electron chi connectivity index (χ4n) is 2.63. The van der Waals surface area contributed by atoms with E-state index in [1.807, 2.05) is 12.1 Å². The van der Waals surface area contributed by atoms with E-state index in [2.05, 4.69) is 53.7 Å². The summed E-state index contributed by atoms with van der Waals surface area (Å²) in [5.74, 6) is 2.62. The number of aliphatic imine (C=N–C) groups is 1.